The molecule has 0 spiro atoms. The molecule has 0 fully saturated rings. The minimum Gasteiger partial charge on any atom is -0.397 e. The van der Waals surface area contributed by atoms with Gasteiger partial charge in [-0.2, -0.15) is 0 Å². The van der Waals surface area contributed by atoms with Crippen LogP contribution < -0.4 is 16.8 Å². The van der Waals surface area contributed by atoms with Crippen LogP contribution in [0.25, 0.3) is 0 Å². The number of benzene rings is 1. The van der Waals surface area contributed by atoms with Gasteiger partial charge < -0.3 is 21.7 Å². The summed E-state index contributed by atoms with van der Waals surface area (Å²) < 4.78 is 0. The SMILES string of the molecule is CN(C)CCCNc1c(N)cccc1C(N)=O. The van der Waals surface area contributed by atoms with Crippen molar-refractivity contribution in [3.63, 3.8) is 0 Å². The monoisotopic (exact) mass is 236 g/mol. The summed E-state index contributed by atoms with van der Waals surface area (Å²) in [5, 5.41) is 3.17. The van der Waals surface area contributed by atoms with Crippen LogP contribution in [0.15, 0.2) is 18.2 Å². The Bertz CT molecular complexity index is 390. The van der Waals surface area contributed by atoms with E-state index in [0.717, 1.165) is 19.5 Å². The van der Waals surface area contributed by atoms with Crippen molar-refractivity contribution in [1.82, 2.24) is 4.90 Å². The fourth-order valence-corrected chi connectivity index (χ4v) is 1.58. The third kappa shape index (κ3) is 3.96. The lowest BCUT2D eigenvalue weighted by molar-refractivity contribution is 0.100. The number of hydrogen-bond acceptors (Lipinski definition) is 4. The van der Waals surface area contributed by atoms with Gasteiger partial charge in [-0.15, -0.1) is 0 Å². The molecule has 0 aliphatic heterocycles. The second-order valence-corrected chi connectivity index (χ2v) is 4.22. The van der Waals surface area contributed by atoms with Crippen molar-refractivity contribution in [2.45, 2.75) is 6.42 Å². The summed E-state index contributed by atoms with van der Waals surface area (Å²) in [4.78, 5) is 13.3. The average Bonchev–Trinajstić information content (AvgIpc) is 2.25. The van der Waals surface area contributed by atoms with E-state index in [1.165, 1.54) is 0 Å². The molecule has 5 nitrogen and oxygen atoms in total. The van der Waals surface area contributed by atoms with Crippen molar-refractivity contribution in [3.05, 3.63) is 23.8 Å². The maximum Gasteiger partial charge on any atom is 0.250 e. The Morgan fingerprint density at radius 3 is 2.71 bits per heavy atom. The largest absolute Gasteiger partial charge is 0.397 e. The molecule has 0 atom stereocenters. The molecule has 1 aromatic rings. The van der Waals surface area contributed by atoms with Crippen molar-refractivity contribution in [1.29, 1.82) is 0 Å². The van der Waals surface area contributed by atoms with Gasteiger partial charge in [0.25, 0.3) is 5.91 Å². The van der Waals surface area contributed by atoms with Gasteiger partial charge in [0, 0.05) is 6.54 Å². The van der Waals surface area contributed by atoms with Gasteiger partial charge in [0.15, 0.2) is 0 Å². The minimum atomic E-state index is -0.465. The predicted octanol–water partition coefficient (Wildman–Crippen LogP) is 0.731. The fourth-order valence-electron chi connectivity index (χ4n) is 1.58. The molecule has 5 N–H and O–H groups in total. The van der Waals surface area contributed by atoms with Crippen LogP contribution in [0.2, 0.25) is 0 Å². The quantitative estimate of drug-likeness (QED) is 0.502. The van der Waals surface area contributed by atoms with Gasteiger partial charge in [0.1, 0.15) is 0 Å². The lowest BCUT2D eigenvalue weighted by atomic mass is 10.1. The first-order chi connectivity index (χ1) is 8.02. The number of nitrogens with one attached hydrogen (secondary N) is 1. The molecular weight excluding hydrogens is 216 g/mol. The van der Waals surface area contributed by atoms with Gasteiger partial charge >= 0.3 is 0 Å². The number of carbonyl (C=O) groups is 1. The highest BCUT2D eigenvalue weighted by Crippen LogP contribution is 2.22. The van der Waals surface area contributed by atoms with Crippen molar-refractivity contribution in [3.8, 4) is 0 Å². The van der Waals surface area contributed by atoms with Gasteiger partial charge in [-0.1, -0.05) is 6.07 Å². The number of nitrogens with two attached hydrogens (primary N) is 2. The number of para-hydroxylation sites is 1. The summed E-state index contributed by atoms with van der Waals surface area (Å²) in [5.41, 5.74) is 12.7. The van der Waals surface area contributed by atoms with Crippen LogP contribution in [-0.4, -0.2) is 38.0 Å². The topological polar surface area (TPSA) is 84.4 Å². The molecule has 0 unspecified atom stereocenters. The molecule has 94 valence electrons. The van der Waals surface area contributed by atoms with Crippen molar-refractivity contribution in [2.24, 2.45) is 5.73 Å². The fraction of sp³-hybridized carbons (Fsp3) is 0.417. The summed E-state index contributed by atoms with van der Waals surface area (Å²) in [6.07, 6.45) is 0.972. The molecule has 0 heterocycles. The molecule has 0 bridgehead atoms. The third-order valence-electron chi connectivity index (χ3n) is 2.45. The molecule has 0 saturated carbocycles. The zero-order valence-electron chi connectivity index (χ0n) is 10.4. The Morgan fingerprint density at radius 1 is 1.41 bits per heavy atom. The molecule has 1 aromatic carbocycles. The first kappa shape index (κ1) is 13.3. The Hall–Kier alpha value is -1.75. The molecule has 17 heavy (non-hydrogen) atoms. The molecular formula is C12H20N4O. The zero-order valence-corrected chi connectivity index (χ0v) is 10.4. The Labute approximate surface area is 102 Å². The summed E-state index contributed by atoms with van der Waals surface area (Å²) in [6, 6.07) is 5.15. The van der Waals surface area contributed by atoms with Crippen molar-refractivity contribution in [2.75, 3.05) is 38.2 Å². The van der Waals surface area contributed by atoms with E-state index >= 15 is 0 Å². The van der Waals surface area contributed by atoms with Crippen molar-refractivity contribution < 1.29 is 4.79 Å². The van der Waals surface area contributed by atoms with E-state index in [1.54, 1.807) is 18.2 Å². The molecule has 0 aliphatic carbocycles. The highest BCUT2D eigenvalue weighted by molar-refractivity contribution is 6.01. The minimum absolute atomic E-state index is 0.440. The van der Waals surface area contributed by atoms with Crippen LogP contribution in [0.1, 0.15) is 16.8 Å². The number of carbonyl (C=O) groups excluding carboxylic acids is 1. The standard InChI is InChI=1S/C12H20N4O/c1-16(2)8-4-7-15-11-9(12(14)17)5-3-6-10(11)13/h3,5-6,15H,4,7-8,13H2,1-2H3,(H2,14,17). The Balaban J connectivity index is 2.66. The highest BCUT2D eigenvalue weighted by Gasteiger charge is 2.09. The summed E-state index contributed by atoms with van der Waals surface area (Å²) in [5.74, 6) is -0.465. The summed E-state index contributed by atoms with van der Waals surface area (Å²) in [7, 11) is 4.04. The van der Waals surface area contributed by atoms with Crippen molar-refractivity contribution >= 4 is 17.3 Å². The summed E-state index contributed by atoms with van der Waals surface area (Å²) >= 11 is 0. The first-order valence-electron chi connectivity index (χ1n) is 5.59. The Kier molecular flexibility index (Phi) is 4.78. The second-order valence-electron chi connectivity index (χ2n) is 4.22. The van der Waals surface area contributed by atoms with E-state index in [9.17, 15) is 4.79 Å². The van der Waals surface area contributed by atoms with E-state index < -0.39 is 5.91 Å². The van der Waals surface area contributed by atoms with Crippen LogP contribution >= 0.6 is 0 Å². The van der Waals surface area contributed by atoms with Gasteiger partial charge in [0.05, 0.1) is 16.9 Å². The maximum absolute atomic E-state index is 11.2. The number of amides is 1. The molecule has 1 amide bonds. The number of primary amides is 1. The number of nitrogen functional groups attached to an aromatic ring is 1. The molecule has 5 heteroatoms. The third-order valence-corrected chi connectivity index (χ3v) is 2.45. The zero-order chi connectivity index (χ0) is 12.8. The lowest BCUT2D eigenvalue weighted by Crippen LogP contribution is -2.19. The van der Waals surface area contributed by atoms with E-state index in [-0.39, 0.29) is 0 Å². The van der Waals surface area contributed by atoms with E-state index in [0.29, 0.717) is 16.9 Å². The second kappa shape index (κ2) is 6.10. The summed E-state index contributed by atoms with van der Waals surface area (Å²) in [6.45, 7) is 1.73. The van der Waals surface area contributed by atoms with Gasteiger partial charge in [-0.25, -0.2) is 0 Å². The number of anilines is 2. The van der Waals surface area contributed by atoms with Crippen LogP contribution in [0.3, 0.4) is 0 Å². The predicted molar refractivity (Wildman–Crippen MR) is 71.0 cm³/mol. The lowest BCUT2D eigenvalue weighted by Gasteiger charge is -2.14. The van der Waals surface area contributed by atoms with Crippen LogP contribution in [0.4, 0.5) is 11.4 Å². The van der Waals surface area contributed by atoms with E-state index in [1.807, 2.05) is 14.1 Å². The average molecular weight is 236 g/mol. The van der Waals surface area contributed by atoms with E-state index in [4.69, 9.17) is 11.5 Å². The molecule has 0 saturated heterocycles. The highest BCUT2D eigenvalue weighted by atomic mass is 16.1. The van der Waals surface area contributed by atoms with Crippen LogP contribution in [0.5, 0.6) is 0 Å². The van der Waals surface area contributed by atoms with Crippen LogP contribution in [-0.2, 0) is 0 Å². The van der Waals surface area contributed by atoms with E-state index in [2.05, 4.69) is 10.2 Å². The Morgan fingerprint density at radius 2 is 2.12 bits per heavy atom. The molecule has 0 radical (unpaired) electrons. The number of rotatable bonds is 6. The normalized spacial score (nSPS) is 10.5. The number of hydrogen-bond donors (Lipinski definition) is 3. The van der Waals surface area contributed by atoms with Gasteiger partial charge in [-0.05, 0) is 39.2 Å². The van der Waals surface area contributed by atoms with Crippen LogP contribution in [0, 0.1) is 0 Å². The van der Waals surface area contributed by atoms with Gasteiger partial charge in [0.2, 0.25) is 0 Å². The molecule has 0 aliphatic rings. The molecule has 0 aromatic heterocycles. The smallest absolute Gasteiger partial charge is 0.250 e. The van der Waals surface area contributed by atoms with Gasteiger partial charge in [-0.3, -0.25) is 4.79 Å². The first-order valence-corrected chi connectivity index (χ1v) is 5.59. The maximum atomic E-state index is 11.2. The molecule has 1 rings (SSSR count). The number of nitrogens with zero attached hydrogens (tertiary/aromatic N) is 1.